The van der Waals surface area contributed by atoms with Crippen LogP contribution in [0.2, 0.25) is 0 Å². The van der Waals surface area contributed by atoms with Gasteiger partial charge in [-0.3, -0.25) is 10.1 Å². The Morgan fingerprint density at radius 3 is 3.00 bits per heavy atom. The van der Waals surface area contributed by atoms with Crippen LogP contribution in [0.25, 0.3) is 0 Å². The lowest BCUT2D eigenvalue weighted by molar-refractivity contribution is -0.132. The van der Waals surface area contributed by atoms with Crippen molar-refractivity contribution in [2.45, 2.75) is 45.1 Å². The van der Waals surface area contributed by atoms with E-state index in [1.807, 2.05) is 11.8 Å². The molecular weight excluding hydrogens is 232 g/mol. The molecule has 2 atom stereocenters. The lowest BCUT2D eigenvalue weighted by Gasteiger charge is -2.23. The van der Waals surface area contributed by atoms with Crippen molar-refractivity contribution >= 4 is 17.7 Å². The van der Waals surface area contributed by atoms with Crippen LogP contribution in [0.4, 0.5) is 0 Å². The third kappa shape index (κ3) is 3.62. The molecule has 2 aliphatic rings. The standard InChI is InChI=1S/C13H24N2OS/c1-2-4-11-5-3-7-15(8-6-11)13(16)12-9-17-10-14-12/h11-12,14H,2-10H2,1H3. The normalized spacial score (nSPS) is 30.3. The monoisotopic (exact) mass is 256 g/mol. The molecule has 2 fully saturated rings. The number of rotatable bonds is 3. The Morgan fingerprint density at radius 1 is 1.41 bits per heavy atom. The lowest BCUT2D eigenvalue weighted by atomic mass is 9.96. The number of likely N-dealkylation sites (tertiary alicyclic amines) is 1. The summed E-state index contributed by atoms with van der Waals surface area (Å²) in [4.78, 5) is 14.4. The maximum atomic E-state index is 12.3. The third-order valence-electron chi connectivity index (χ3n) is 3.87. The van der Waals surface area contributed by atoms with Crippen LogP contribution < -0.4 is 5.32 Å². The van der Waals surface area contributed by atoms with Crippen molar-refractivity contribution in [3.63, 3.8) is 0 Å². The van der Waals surface area contributed by atoms with Gasteiger partial charge < -0.3 is 4.90 Å². The first-order valence-electron chi connectivity index (χ1n) is 6.91. The molecule has 0 saturated carbocycles. The lowest BCUT2D eigenvalue weighted by Crippen LogP contribution is -2.45. The molecule has 17 heavy (non-hydrogen) atoms. The Bertz CT molecular complexity index is 254. The molecule has 0 aromatic rings. The maximum absolute atomic E-state index is 12.3. The topological polar surface area (TPSA) is 32.3 Å². The Labute approximate surface area is 109 Å². The van der Waals surface area contributed by atoms with E-state index < -0.39 is 0 Å². The first-order chi connectivity index (χ1) is 8.31. The van der Waals surface area contributed by atoms with Crippen molar-refractivity contribution < 1.29 is 4.79 Å². The van der Waals surface area contributed by atoms with Gasteiger partial charge in [0.1, 0.15) is 0 Å². The summed E-state index contributed by atoms with van der Waals surface area (Å²) in [6.45, 7) is 4.21. The van der Waals surface area contributed by atoms with Crippen LogP contribution >= 0.6 is 11.8 Å². The Morgan fingerprint density at radius 2 is 2.29 bits per heavy atom. The van der Waals surface area contributed by atoms with Crippen molar-refractivity contribution in [3.05, 3.63) is 0 Å². The molecule has 3 nitrogen and oxygen atoms in total. The van der Waals surface area contributed by atoms with Crippen molar-refractivity contribution in [2.75, 3.05) is 24.7 Å². The first-order valence-corrected chi connectivity index (χ1v) is 8.06. The second kappa shape index (κ2) is 6.64. The summed E-state index contributed by atoms with van der Waals surface area (Å²) < 4.78 is 0. The average Bonchev–Trinajstić information content (AvgIpc) is 2.76. The van der Waals surface area contributed by atoms with Gasteiger partial charge >= 0.3 is 0 Å². The molecule has 0 spiro atoms. The van der Waals surface area contributed by atoms with Crippen LogP contribution in [0.5, 0.6) is 0 Å². The summed E-state index contributed by atoms with van der Waals surface area (Å²) in [5, 5.41) is 3.28. The molecule has 2 saturated heterocycles. The van der Waals surface area contributed by atoms with Crippen LogP contribution in [0.1, 0.15) is 39.0 Å². The minimum Gasteiger partial charge on any atom is -0.341 e. The van der Waals surface area contributed by atoms with Crippen molar-refractivity contribution in [1.29, 1.82) is 0 Å². The highest BCUT2D eigenvalue weighted by molar-refractivity contribution is 7.99. The molecule has 0 aliphatic carbocycles. The van der Waals surface area contributed by atoms with Crippen LogP contribution in [0.3, 0.4) is 0 Å². The fourth-order valence-corrected chi connectivity index (χ4v) is 3.79. The van der Waals surface area contributed by atoms with E-state index >= 15 is 0 Å². The number of thioether (sulfide) groups is 1. The van der Waals surface area contributed by atoms with Crippen LogP contribution in [-0.2, 0) is 4.79 Å². The van der Waals surface area contributed by atoms with E-state index in [1.165, 1.54) is 32.1 Å². The quantitative estimate of drug-likeness (QED) is 0.839. The number of carbonyl (C=O) groups is 1. The van der Waals surface area contributed by atoms with Crippen molar-refractivity contribution in [2.24, 2.45) is 5.92 Å². The zero-order valence-electron chi connectivity index (χ0n) is 10.8. The molecule has 2 heterocycles. The fourth-order valence-electron chi connectivity index (χ4n) is 2.86. The van der Waals surface area contributed by atoms with Gasteiger partial charge in [-0.15, -0.1) is 11.8 Å². The molecule has 2 rings (SSSR count). The minimum absolute atomic E-state index is 0.0859. The van der Waals surface area contributed by atoms with Gasteiger partial charge in [0.25, 0.3) is 0 Å². The summed E-state index contributed by atoms with van der Waals surface area (Å²) >= 11 is 1.83. The number of amides is 1. The van der Waals surface area contributed by atoms with Gasteiger partial charge in [-0.1, -0.05) is 19.8 Å². The van der Waals surface area contributed by atoms with E-state index in [4.69, 9.17) is 0 Å². The molecule has 0 aromatic carbocycles. The number of nitrogens with zero attached hydrogens (tertiary/aromatic N) is 1. The molecule has 2 aliphatic heterocycles. The summed E-state index contributed by atoms with van der Waals surface area (Å²) in [7, 11) is 0. The van der Waals surface area contributed by atoms with E-state index in [2.05, 4.69) is 17.1 Å². The van der Waals surface area contributed by atoms with E-state index in [0.29, 0.717) is 5.91 Å². The molecule has 1 N–H and O–H groups in total. The van der Waals surface area contributed by atoms with Gasteiger partial charge in [0.05, 0.1) is 6.04 Å². The van der Waals surface area contributed by atoms with Gasteiger partial charge in [0.2, 0.25) is 5.91 Å². The SMILES string of the molecule is CCCC1CCCN(C(=O)C2CSCN2)CC1. The first kappa shape index (κ1) is 13.2. The molecule has 2 unspecified atom stereocenters. The van der Waals surface area contributed by atoms with Gasteiger partial charge in [-0.05, 0) is 25.2 Å². The highest BCUT2D eigenvalue weighted by Crippen LogP contribution is 2.23. The zero-order valence-corrected chi connectivity index (χ0v) is 11.6. The van der Waals surface area contributed by atoms with Crippen molar-refractivity contribution in [1.82, 2.24) is 10.2 Å². The van der Waals surface area contributed by atoms with Crippen LogP contribution in [-0.4, -0.2) is 41.6 Å². The van der Waals surface area contributed by atoms with E-state index in [1.54, 1.807) is 0 Å². The van der Waals surface area contributed by atoms with Gasteiger partial charge in [-0.2, -0.15) is 0 Å². The molecule has 4 heteroatoms. The second-order valence-electron chi connectivity index (χ2n) is 5.18. The number of hydrogen-bond acceptors (Lipinski definition) is 3. The second-order valence-corrected chi connectivity index (χ2v) is 6.21. The fraction of sp³-hybridized carbons (Fsp3) is 0.923. The summed E-state index contributed by atoms with van der Waals surface area (Å²) in [6, 6.07) is 0.0859. The number of hydrogen-bond donors (Lipinski definition) is 1. The van der Waals surface area contributed by atoms with Gasteiger partial charge in [0, 0.05) is 24.7 Å². The van der Waals surface area contributed by atoms with Gasteiger partial charge in [-0.25, -0.2) is 0 Å². The molecular formula is C13H24N2OS. The van der Waals surface area contributed by atoms with Gasteiger partial charge in [0.15, 0.2) is 0 Å². The van der Waals surface area contributed by atoms with E-state index in [0.717, 1.165) is 30.6 Å². The summed E-state index contributed by atoms with van der Waals surface area (Å²) in [5.41, 5.74) is 0. The largest absolute Gasteiger partial charge is 0.341 e. The molecule has 98 valence electrons. The molecule has 0 aromatic heterocycles. The van der Waals surface area contributed by atoms with E-state index in [-0.39, 0.29) is 6.04 Å². The number of carbonyl (C=O) groups excluding carboxylic acids is 1. The predicted octanol–water partition coefficient (Wildman–Crippen LogP) is 2.08. The Balaban J connectivity index is 1.83. The average molecular weight is 256 g/mol. The van der Waals surface area contributed by atoms with Crippen LogP contribution in [0, 0.1) is 5.92 Å². The predicted molar refractivity (Wildman–Crippen MR) is 73.1 cm³/mol. The number of nitrogens with one attached hydrogen (secondary N) is 1. The van der Waals surface area contributed by atoms with Crippen LogP contribution in [0.15, 0.2) is 0 Å². The Hall–Kier alpha value is -0.220. The van der Waals surface area contributed by atoms with E-state index in [9.17, 15) is 4.79 Å². The summed E-state index contributed by atoms with van der Waals surface area (Å²) in [6.07, 6.45) is 6.32. The molecule has 0 bridgehead atoms. The molecule has 0 radical (unpaired) electrons. The smallest absolute Gasteiger partial charge is 0.240 e. The summed E-state index contributed by atoms with van der Waals surface area (Å²) in [5.74, 6) is 3.08. The highest BCUT2D eigenvalue weighted by Gasteiger charge is 2.28. The third-order valence-corrected chi connectivity index (χ3v) is 4.81. The molecule has 1 amide bonds. The highest BCUT2D eigenvalue weighted by atomic mass is 32.2. The Kier molecular flexibility index (Phi) is 5.16. The maximum Gasteiger partial charge on any atom is 0.240 e. The minimum atomic E-state index is 0.0859. The zero-order chi connectivity index (χ0) is 12.1. The van der Waals surface area contributed by atoms with Crippen molar-refractivity contribution in [3.8, 4) is 0 Å².